The molecule has 0 saturated carbocycles. The molecule has 0 spiro atoms. The average molecular weight is 220 g/mol. The zero-order chi connectivity index (χ0) is 11.3. The van der Waals surface area contributed by atoms with Crippen molar-refractivity contribution in [3.05, 3.63) is 30.3 Å². The van der Waals surface area contributed by atoms with E-state index in [2.05, 4.69) is 5.92 Å². The van der Waals surface area contributed by atoms with Crippen LogP contribution in [0.25, 0.3) is 0 Å². The summed E-state index contributed by atoms with van der Waals surface area (Å²) in [4.78, 5) is 11.9. The first kappa shape index (κ1) is 11.7. The van der Waals surface area contributed by atoms with Crippen LogP contribution in [0.15, 0.2) is 35.2 Å². The number of carboxylic acids is 1. The van der Waals surface area contributed by atoms with Gasteiger partial charge in [-0.25, -0.2) is 0 Å². The number of carboxylic acid groups (broad SMARTS) is 1. The van der Waals surface area contributed by atoms with Gasteiger partial charge in [0.05, 0.1) is 0 Å². The summed E-state index contributed by atoms with van der Waals surface area (Å²) in [7, 11) is 0. The molecule has 78 valence electrons. The van der Waals surface area contributed by atoms with E-state index in [9.17, 15) is 4.79 Å². The second-order valence-corrected chi connectivity index (χ2v) is 4.36. The lowest BCUT2D eigenvalue weighted by Gasteiger charge is -2.14. The van der Waals surface area contributed by atoms with Gasteiger partial charge in [0.15, 0.2) is 0 Å². The van der Waals surface area contributed by atoms with Crippen molar-refractivity contribution >= 4 is 17.7 Å². The van der Waals surface area contributed by atoms with Crippen LogP contribution in [0.3, 0.4) is 0 Å². The Morgan fingerprint density at radius 1 is 1.47 bits per heavy atom. The van der Waals surface area contributed by atoms with Gasteiger partial charge in [0.1, 0.15) is 5.25 Å². The number of thioether (sulfide) groups is 1. The molecule has 0 aliphatic rings. The minimum absolute atomic E-state index is 0.285. The highest BCUT2D eigenvalue weighted by atomic mass is 32.2. The van der Waals surface area contributed by atoms with Crippen molar-refractivity contribution in [2.45, 2.75) is 17.1 Å². The highest BCUT2D eigenvalue weighted by Crippen LogP contribution is 2.27. The molecule has 1 aromatic carbocycles. The third-order valence-electron chi connectivity index (χ3n) is 1.97. The first-order chi connectivity index (χ1) is 7.15. The topological polar surface area (TPSA) is 37.3 Å². The fourth-order valence-electron chi connectivity index (χ4n) is 1.10. The van der Waals surface area contributed by atoms with Crippen molar-refractivity contribution in [3.63, 3.8) is 0 Å². The van der Waals surface area contributed by atoms with E-state index >= 15 is 0 Å². The molecule has 0 fully saturated rings. The molecule has 0 radical (unpaired) electrons. The zero-order valence-corrected chi connectivity index (χ0v) is 9.20. The first-order valence-corrected chi connectivity index (χ1v) is 5.43. The van der Waals surface area contributed by atoms with Crippen molar-refractivity contribution in [3.8, 4) is 12.3 Å². The molecule has 0 aliphatic carbocycles. The molecule has 0 aliphatic heterocycles. The summed E-state index contributed by atoms with van der Waals surface area (Å²) in [5.74, 6) is 1.31. The van der Waals surface area contributed by atoms with E-state index in [1.807, 2.05) is 30.3 Å². The Morgan fingerprint density at radius 2 is 2.07 bits per heavy atom. The van der Waals surface area contributed by atoms with Crippen LogP contribution in [0, 0.1) is 18.3 Å². The van der Waals surface area contributed by atoms with Gasteiger partial charge in [0.2, 0.25) is 0 Å². The van der Waals surface area contributed by atoms with Crippen LogP contribution >= 0.6 is 11.8 Å². The molecule has 1 N–H and O–H groups in total. The number of hydrogen-bond donors (Lipinski definition) is 1. The summed E-state index contributed by atoms with van der Waals surface area (Å²) >= 11 is 1.29. The standard InChI is InChI=1S/C12H12O2S/c1-3-9(2)11(12(13)14)15-10-7-5-4-6-8-10/h1,4-9,11H,2H3,(H,13,14). The summed E-state index contributed by atoms with van der Waals surface area (Å²) in [5.41, 5.74) is 0. The Balaban J connectivity index is 2.77. The molecule has 0 heterocycles. The number of aliphatic carboxylic acids is 1. The first-order valence-electron chi connectivity index (χ1n) is 4.55. The van der Waals surface area contributed by atoms with Crippen molar-refractivity contribution in [1.82, 2.24) is 0 Å². The maximum atomic E-state index is 11.0. The number of rotatable bonds is 4. The molecule has 3 heteroatoms. The molecule has 0 amide bonds. The fourth-order valence-corrected chi connectivity index (χ4v) is 2.09. The zero-order valence-electron chi connectivity index (χ0n) is 8.38. The predicted molar refractivity (Wildman–Crippen MR) is 61.7 cm³/mol. The van der Waals surface area contributed by atoms with Crippen LogP contribution in [0.2, 0.25) is 0 Å². The van der Waals surface area contributed by atoms with Gasteiger partial charge in [-0.2, -0.15) is 0 Å². The van der Waals surface area contributed by atoms with Gasteiger partial charge in [0, 0.05) is 10.8 Å². The maximum Gasteiger partial charge on any atom is 0.318 e. The third kappa shape index (κ3) is 3.34. The van der Waals surface area contributed by atoms with Crippen molar-refractivity contribution in [2.75, 3.05) is 0 Å². The number of hydrogen-bond acceptors (Lipinski definition) is 2. The summed E-state index contributed by atoms with van der Waals surface area (Å²) in [6.07, 6.45) is 5.24. The number of benzene rings is 1. The average Bonchev–Trinajstić information content (AvgIpc) is 2.26. The molecule has 2 atom stereocenters. The normalized spacial score (nSPS) is 13.9. The van der Waals surface area contributed by atoms with Gasteiger partial charge in [-0.15, -0.1) is 24.1 Å². The van der Waals surface area contributed by atoms with Crippen molar-refractivity contribution < 1.29 is 9.90 Å². The monoisotopic (exact) mass is 220 g/mol. The molecule has 1 rings (SSSR count). The van der Waals surface area contributed by atoms with E-state index in [4.69, 9.17) is 11.5 Å². The molecule has 0 saturated heterocycles. The minimum atomic E-state index is -0.866. The van der Waals surface area contributed by atoms with Crippen LogP contribution in [-0.2, 0) is 4.79 Å². The van der Waals surface area contributed by atoms with Crippen LogP contribution in [0.4, 0.5) is 0 Å². The van der Waals surface area contributed by atoms with Crippen LogP contribution in [0.5, 0.6) is 0 Å². The van der Waals surface area contributed by atoms with Gasteiger partial charge in [-0.05, 0) is 19.1 Å². The molecule has 0 aromatic heterocycles. The summed E-state index contributed by atoms with van der Waals surface area (Å²) < 4.78 is 0. The predicted octanol–water partition coefficient (Wildman–Crippen LogP) is 2.50. The molecule has 0 bridgehead atoms. The Kier molecular flexibility index (Phi) is 4.26. The Morgan fingerprint density at radius 3 is 2.53 bits per heavy atom. The SMILES string of the molecule is C#CC(C)C(Sc1ccccc1)C(=O)O. The highest BCUT2D eigenvalue weighted by molar-refractivity contribution is 8.00. The molecule has 2 unspecified atom stereocenters. The quantitative estimate of drug-likeness (QED) is 0.625. The van der Waals surface area contributed by atoms with Crippen molar-refractivity contribution in [1.29, 1.82) is 0 Å². The Hall–Kier alpha value is -1.40. The lowest BCUT2D eigenvalue weighted by Crippen LogP contribution is -2.23. The maximum absolute atomic E-state index is 11.0. The lowest BCUT2D eigenvalue weighted by atomic mass is 10.1. The van der Waals surface area contributed by atoms with Crippen molar-refractivity contribution in [2.24, 2.45) is 5.92 Å². The Bertz CT molecular complexity index is 367. The van der Waals surface area contributed by atoms with E-state index in [1.54, 1.807) is 6.92 Å². The van der Waals surface area contributed by atoms with Gasteiger partial charge < -0.3 is 5.11 Å². The second kappa shape index (κ2) is 5.47. The van der Waals surface area contributed by atoms with Gasteiger partial charge in [-0.1, -0.05) is 18.2 Å². The molecular formula is C12H12O2S. The second-order valence-electron chi connectivity index (χ2n) is 3.15. The lowest BCUT2D eigenvalue weighted by molar-refractivity contribution is -0.136. The minimum Gasteiger partial charge on any atom is -0.480 e. The van der Waals surface area contributed by atoms with E-state index in [0.29, 0.717) is 0 Å². The third-order valence-corrected chi connectivity index (χ3v) is 3.37. The molecule has 1 aromatic rings. The van der Waals surface area contributed by atoms with E-state index in [1.165, 1.54) is 11.8 Å². The van der Waals surface area contributed by atoms with E-state index in [-0.39, 0.29) is 5.92 Å². The smallest absolute Gasteiger partial charge is 0.318 e. The number of terminal acetylenes is 1. The van der Waals surface area contributed by atoms with Gasteiger partial charge in [-0.3, -0.25) is 4.79 Å². The molecule has 2 nitrogen and oxygen atoms in total. The Labute approximate surface area is 93.7 Å². The fraction of sp³-hybridized carbons (Fsp3) is 0.250. The summed E-state index contributed by atoms with van der Waals surface area (Å²) in [6, 6.07) is 9.40. The van der Waals surface area contributed by atoms with Crippen LogP contribution < -0.4 is 0 Å². The largest absolute Gasteiger partial charge is 0.480 e. The van der Waals surface area contributed by atoms with Crippen LogP contribution in [-0.4, -0.2) is 16.3 Å². The van der Waals surface area contributed by atoms with E-state index in [0.717, 1.165) is 4.90 Å². The number of carbonyl (C=O) groups is 1. The van der Waals surface area contributed by atoms with Gasteiger partial charge in [0.25, 0.3) is 0 Å². The van der Waals surface area contributed by atoms with Crippen LogP contribution in [0.1, 0.15) is 6.92 Å². The van der Waals surface area contributed by atoms with E-state index < -0.39 is 11.2 Å². The van der Waals surface area contributed by atoms with Gasteiger partial charge >= 0.3 is 5.97 Å². The molecular weight excluding hydrogens is 208 g/mol. The summed E-state index contributed by atoms with van der Waals surface area (Å²) in [6.45, 7) is 1.74. The summed E-state index contributed by atoms with van der Waals surface area (Å²) in [5, 5.41) is 8.43. The molecule has 15 heavy (non-hydrogen) atoms. The highest BCUT2D eigenvalue weighted by Gasteiger charge is 2.24.